The zero-order valence-corrected chi connectivity index (χ0v) is 13.8. The average molecular weight is 332 g/mol. The lowest BCUT2D eigenvalue weighted by atomic mass is 10.4. The Morgan fingerprint density at radius 2 is 2.05 bits per heavy atom. The van der Waals surface area contributed by atoms with Gasteiger partial charge in [-0.05, 0) is 13.8 Å². The number of rotatable bonds is 4. The first-order valence-corrected chi connectivity index (χ1v) is 9.33. The van der Waals surface area contributed by atoms with Gasteiger partial charge in [-0.1, -0.05) is 0 Å². The molecule has 0 aromatic carbocycles. The minimum Gasteiger partial charge on any atom is -0.331 e. The highest BCUT2D eigenvalue weighted by molar-refractivity contribution is 7.89. The summed E-state index contributed by atoms with van der Waals surface area (Å²) in [7, 11) is -3.16. The highest BCUT2D eigenvalue weighted by Crippen LogP contribution is 2.10. The van der Waals surface area contributed by atoms with Crippen molar-refractivity contribution in [3.05, 3.63) is 16.1 Å². The quantitative estimate of drug-likeness (QED) is 0.876. The van der Waals surface area contributed by atoms with Crippen molar-refractivity contribution in [1.82, 2.24) is 19.5 Å². The standard InChI is InChI=1S/C12H20N4O3S2/c1-3-21(18,19)16-6-4-15(5-7-16)12(17)13-8-11-14-10(2)9-20-11/h9H,3-8H2,1-2H3,(H,13,17). The van der Waals surface area contributed by atoms with Crippen molar-refractivity contribution in [2.75, 3.05) is 31.9 Å². The van der Waals surface area contributed by atoms with E-state index in [-0.39, 0.29) is 11.8 Å². The summed E-state index contributed by atoms with van der Waals surface area (Å²) in [6.07, 6.45) is 0. The predicted molar refractivity (Wildman–Crippen MR) is 81.7 cm³/mol. The maximum Gasteiger partial charge on any atom is 0.317 e. The lowest BCUT2D eigenvalue weighted by Gasteiger charge is -2.33. The maximum absolute atomic E-state index is 12.0. The van der Waals surface area contributed by atoms with Crippen LogP contribution in [0.4, 0.5) is 4.79 Å². The summed E-state index contributed by atoms with van der Waals surface area (Å²) >= 11 is 1.51. The van der Waals surface area contributed by atoms with Gasteiger partial charge in [-0.15, -0.1) is 11.3 Å². The third kappa shape index (κ3) is 4.14. The first-order chi connectivity index (χ1) is 9.92. The summed E-state index contributed by atoms with van der Waals surface area (Å²) in [6, 6.07) is -0.170. The topological polar surface area (TPSA) is 82.6 Å². The second kappa shape index (κ2) is 6.71. The second-order valence-corrected chi connectivity index (χ2v) is 8.03. The molecule has 1 aliphatic heterocycles. The molecular formula is C12H20N4O3S2. The molecule has 1 fully saturated rings. The number of amides is 2. The molecule has 1 saturated heterocycles. The summed E-state index contributed by atoms with van der Waals surface area (Å²) in [5, 5.41) is 5.63. The molecule has 1 aromatic rings. The number of sulfonamides is 1. The molecule has 0 saturated carbocycles. The first-order valence-electron chi connectivity index (χ1n) is 6.84. The predicted octanol–water partition coefficient (Wildman–Crippen LogP) is 0.628. The largest absolute Gasteiger partial charge is 0.331 e. The van der Waals surface area contributed by atoms with Gasteiger partial charge in [0.05, 0.1) is 12.3 Å². The third-order valence-electron chi connectivity index (χ3n) is 3.34. The van der Waals surface area contributed by atoms with Gasteiger partial charge in [0.25, 0.3) is 0 Å². The van der Waals surface area contributed by atoms with E-state index in [1.165, 1.54) is 15.6 Å². The normalized spacial score (nSPS) is 17.0. The molecule has 2 amide bonds. The monoisotopic (exact) mass is 332 g/mol. The molecule has 9 heteroatoms. The van der Waals surface area contributed by atoms with E-state index >= 15 is 0 Å². The van der Waals surface area contributed by atoms with Gasteiger partial charge < -0.3 is 10.2 Å². The molecular weight excluding hydrogens is 312 g/mol. The van der Waals surface area contributed by atoms with Gasteiger partial charge in [-0.25, -0.2) is 18.2 Å². The van der Waals surface area contributed by atoms with E-state index in [0.717, 1.165) is 10.7 Å². The summed E-state index contributed by atoms with van der Waals surface area (Å²) in [5.41, 5.74) is 0.947. The van der Waals surface area contributed by atoms with Crippen molar-refractivity contribution < 1.29 is 13.2 Å². The van der Waals surface area contributed by atoms with Crippen LogP contribution in [0.25, 0.3) is 0 Å². The Kier molecular flexibility index (Phi) is 5.17. The van der Waals surface area contributed by atoms with Gasteiger partial charge in [0.2, 0.25) is 10.0 Å². The molecule has 1 N–H and O–H groups in total. The number of hydrogen-bond donors (Lipinski definition) is 1. The number of aromatic nitrogens is 1. The number of aryl methyl sites for hydroxylation is 1. The van der Waals surface area contributed by atoms with Crippen molar-refractivity contribution in [3.8, 4) is 0 Å². The number of thiazole rings is 1. The van der Waals surface area contributed by atoms with E-state index in [4.69, 9.17) is 0 Å². The number of nitrogens with zero attached hydrogens (tertiary/aromatic N) is 3. The Labute approximate surface area is 129 Å². The van der Waals surface area contributed by atoms with Gasteiger partial charge in [0.1, 0.15) is 5.01 Å². The molecule has 0 bridgehead atoms. The summed E-state index contributed by atoms with van der Waals surface area (Å²) in [4.78, 5) is 17.9. The Morgan fingerprint density at radius 3 is 2.57 bits per heavy atom. The van der Waals surface area contributed by atoms with Crippen LogP contribution in [-0.2, 0) is 16.6 Å². The fourth-order valence-electron chi connectivity index (χ4n) is 2.10. The van der Waals surface area contributed by atoms with Gasteiger partial charge >= 0.3 is 6.03 Å². The van der Waals surface area contributed by atoms with E-state index in [1.54, 1.807) is 11.8 Å². The van der Waals surface area contributed by atoms with E-state index in [0.29, 0.717) is 32.7 Å². The Balaban J connectivity index is 1.80. The Morgan fingerprint density at radius 1 is 1.38 bits per heavy atom. The Bertz CT molecular complexity index is 591. The van der Waals surface area contributed by atoms with Crippen LogP contribution in [-0.4, -0.2) is 60.6 Å². The van der Waals surface area contributed by atoms with Crippen LogP contribution in [0.15, 0.2) is 5.38 Å². The van der Waals surface area contributed by atoms with E-state index in [9.17, 15) is 13.2 Å². The van der Waals surface area contributed by atoms with Gasteiger partial charge in [-0.3, -0.25) is 0 Å². The molecule has 0 unspecified atom stereocenters. The SMILES string of the molecule is CCS(=O)(=O)N1CCN(C(=O)NCc2nc(C)cs2)CC1. The van der Waals surface area contributed by atoms with E-state index < -0.39 is 10.0 Å². The van der Waals surface area contributed by atoms with Gasteiger partial charge in [0.15, 0.2) is 0 Å². The van der Waals surface area contributed by atoms with Crippen LogP contribution in [0, 0.1) is 6.92 Å². The van der Waals surface area contributed by atoms with Crippen LogP contribution in [0.5, 0.6) is 0 Å². The number of piperazine rings is 1. The molecule has 0 aliphatic carbocycles. The molecule has 0 atom stereocenters. The van der Waals surface area contributed by atoms with Crippen LogP contribution in [0.2, 0.25) is 0 Å². The van der Waals surface area contributed by atoms with Crippen molar-refractivity contribution in [1.29, 1.82) is 0 Å². The smallest absolute Gasteiger partial charge is 0.317 e. The fraction of sp³-hybridized carbons (Fsp3) is 0.667. The lowest BCUT2D eigenvalue weighted by molar-refractivity contribution is 0.172. The average Bonchev–Trinajstić information content (AvgIpc) is 2.90. The lowest BCUT2D eigenvalue weighted by Crippen LogP contribution is -2.53. The summed E-state index contributed by atoms with van der Waals surface area (Å²) in [5.74, 6) is 0.0998. The van der Waals surface area contributed by atoms with Crippen LogP contribution < -0.4 is 5.32 Å². The van der Waals surface area contributed by atoms with E-state index in [2.05, 4.69) is 10.3 Å². The zero-order valence-electron chi connectivity index (χ0n) is 12.2. The second-order valence-electron chi connectivity index (χ2n) is 4.83. The van der Waals surface area contributed by atoms with E-state index in [1.807, 2.05) is 12.3 Å². The number of urea groups is 1. The van der Waals surface area contributed by atoms with Crippen LogP contribution in [0.3, 0.4) is 0 Å². The molecule has 1 aliphatic rings. The third-order valence-corrected chi connectivity index (χ3v) is 6.19. The molecule has 118 valence electrons. The highest BCUT2D eigenvalue weighted by Gasteiger charge is 2.27. The minimum absolute atomic E-state index is 0.0998. The fourth-order valence-corrected chi connectivity index (χ4v) is 3.90. The molecule has 2 heterocycles. The maximum atomic E-state index is 12.0. The van der Waals surface area contributed by atoms with Crippen LogP contribution in [0.1, 0.15) is 17.6 Å². The molecule has 0 radical (unpaired) electrons. The number of hydrogen-bond acceptors (Lipinski definition) is 5. The van der Waals surface area contributed by atoms with Crippen molar-refractivity contribution in [3.63, 3.8) is 0 Å². The number of carbonyl (C=O) groups excluding carboxylic acids is 1. The highest BCUT2D eigenvalue weighted by atomic mass is 32.2. The molecule has 21 heavy (non-hydrogen) atoms. The summed E-state index contributed by atoms with van der Waals surface area (Å²) < 4.78 is 24.9. The van der Waals surface area contributed by atoms with Crippen molar-refractivity contribution in [2.45, 2.75) is 20.4 Å². The Hall–Kier alpha value is -1.19. The molecule has 7 nitrogen and oxygen atoms in total. The van der Waals surface area contributed by atoms with Crippen molar-refractivity contribution >= 4 is 27.4 Å². The summed E-state index contributed by atoms with van der Waals surface area (Å²) in [6.45, 7) is 5.51. The van der Waals surface area contributed by atoms with Crippen LogP contribution >= 0.6 is 11.3 Å². The first kappa shape index (κ1) is 16.2. The number of carbonyl (C=O) groups is 1. The van der Waals surface area contributed by atoms with Crippen molar-refractivity contribution in [2.24, 2.45) is 0 Å². The number of nitrogens with one attached hydrogen (secondary N) is 1. The zero-order chi connectivity index (χ0) is 15.5. The minimum atomic E-state index is -3.16. The van der Waals surface area contributed by atoms with Gasteiger partial charge in [-0.2, -0.15) is 4.31 Å². The van der Waals surface area contributed by atoms with Gasteiger partial charge in [0, 0.05) is 37.3 Å². The molecule has 0 spiro atoms. The molecule has 1 aromatic heterocycles. The molecule has 2 rings (SSSR count).